The number of anilines is 1. The van der Waals surface area contributed by atoms with Gasteiger partial charge in [-0.2, -0.15) is 0 Å². The van der Waals surface area contributed by atoms with Crippen molar-refractivity contribution in [2.24, 2.45) is 0 Å². The fraction of sp³-hybridized carbons (Fsp3) is 0.333. The molecule has 0 saturated carbocycles. The number of benzene rings is 2. The first-order valence-corrected chi connectivity index (χ1v) is 7.80. The summed E-state index contributed by atoms with van der Waals surface area (Å²) in [4.78, 5) is 2.34. The van der Waals surface area contributed by atoms with Crippen LogP contribution in [0.5, 0.6) is 0 Å². The lowest BCUT2D eigenvalue weighted by molar-refractivity contribution is 0.199. The van der Waals surface area contributed by atoms with Crippen molar-refractivity contribution in [1.29, 1.82) is 0 Å². The number of aliphatic hydroxyl groups excluding tert-OH is 1. The van der Waals surface area contributed by atoms with Gasteiger partial charge in [0.25, 0.3) is 0 Å². The third-order valence-electron chi connectivity index (χ3n) is 4.25. The van der Waals surface area contributed by atoms with Gasteiger partial charge >= 0.3 is 0 Å². The van der Waals surface area contributed by atoms with Crippen molar-refractivity contribution in [2.75, 3.05) is 18.0 Å². The molecule has 3 rings (SSSR count). The Bertz CT molecular complexity index is 612. The Hall–Kier alpha value is -1.51. The van der Waals surface area contributed by atoms with Gasteiger partial charge in [-0.15, -0.1) is 0 Å². The summed E-state index contributed by atoms with van der Waals surface area (Å²) in [6, 6.07) is 16.5. The van der Waals surface area contributed by atoms with Crippen molar-refractivity contribution in [3.63, 3.8) is 0 Å². The molecule has 1 aliphatic heterocycles. The van der Waals surface area contributed by atoms with E-state index in [4.69, 9.17) is 11.6 Å². The third kappa shape index (κ3) is 3.07. The number of aliphatic hydroxyl groups is 1. The molecule has 110 valence electrons. The Kier molecular flexibility index (Phi) is 4.18. The third-order valence-corrected chi connectivity index (χ3v) is 4.56. The van der Waals surface area contributed by atoms with Crippen LogP contribution in [0.2, 0.25) is 5.02 Å². The van der Waals surface area contributed by atoms with Gasteiger partial charge in [-0.05, 0) is 36.6 Å². The van der Waals surface area contributed by atoms with Crippen molar-refractivity contribution in [3.05, 3.63) is 64.7 Å². The number of halogens is 1. The zero-order chi connectivity index (χ0) is 14.8. The smallest absolute Gasteiger partial charge is 0.0762 e. The first kappa shape index (κ1) is 14.4. The van der Waals surface area contributed by atoms with Gasteiger partial charge in [0, 0.05) is 19.0 Å². The van der Waals surface area contributed by atoms with Crippen LogP contribution in [0, 0.1) is 0 Å². The zero-order valence-electron chi connectivity index (χ0n) is 12.2. The van der Waals surface area contributed by atoms with E-state index in [1.54, 1.807) is 6.92 Å². The molecule has 3 heteroatoms. The molecule has 2 nitrogen and oxygen atoms in total. The van der Waals surface area contributed by atoms with E-state index in [-0.39, 0.29) is 0 Å². The molecule has 0 spiro atoms. The first-order valence-electron chi connectivity index (χ1n) is 7.42. The number of rotatable bonds is 3. The molecule has 1 N–H and O–H groups in total. The molecule has 0 aromatic heterocycles. The van der Waals surface area contributed by atoms with Gasteiger partial charge in [0.1, 0.15) is 0 Å². The van der Waals surface area contributed by atoms with Crippen molar-refractivity contribution in [1.82, 2.24) is 0 Å². The highest BCUT2D eigenvalue weighted by Gasteiger charge is 2.25. The maximum Gasteiger partial charge on any atom is 0.0762 e. The molecule has 2 aromatic rings. The first-order chi connectivity index (χ1) is 10.1. The fourth-order valence-corrected chi connectivity index (χ4v) is 3.32. The van der Waals surface area contributed by atoms with E-state index in [1.165, 1.54) is 5.56 Å². The average molecular weight is 302 g/mol. The van der Waals surface area contributed by atoms with Crippen LogP contribution in [0.15, 0.2) is 48.5 Å². The normalized spacial score (nSPS) is 19.8. The van der Waals surface area contributed by atoms with Crippen molar-refractivity contribution in [3.8, 4) is 0 Å². The minimum Gasteiger partial charge on any atom is -0.389 e. The van der Waals surface area contributed by atoms with Crippen LogP contribution in [0.25, 0.3) is 0 Å². The minimum absolute atomic E-state index is 0.479. The van der Waals surface area contributed by atoms with Crippen LogP contribution in [0.3, 0.4) is 0 Å². The van der Waals surface area contributed by atoms with Gasteiger partial charge in [-0.25, -0.2) is 0 Å². The molecule has 0 bridgehead atoms. The molecule has 0 aliphatic carbocycles. The average Bonchev–Trinajstić information content (AvgIpc) is 2.97. The minimum atomic E-state index is -0.479. The van der Waals surface area contributed by atoms with E-state index in [0.717, 1.165) is 35.8 Å². The molecule has 2 unspecified atom stereocenters. The molecule has 0 amide bonds. The van der Waals surface area contributed by atoms with Crippen molar-refractivity contribution < 1.29 is 5.11 Å². The largest absolute Gasteiger partial charge is 0.389 e. The van der Waals surface area contributed by atoms with Crippen LogP contribution in [0.4, 0.5) is 5.69 Å². The van der Waals surface area contributed by atoms with Crippen LogP contribution in [-0.2, 0) is 0 Å². The monoisotopic (exact) mass is 301 g/mol. The molecule has 2 aromatic carbocycles. The molecule has 2 atom stereocenters. The van der Waals surface area contributed by atoms with E-state index in [9.17, 15) is 5.11 Å². The summed E-state index contributed by atoms with van der Waals surface area (Å²) in [7, 11) is 0. The van der Waals surface area contributed by atoms with Gasteiger partial charge in [0.15, 0.2) is 0 Å². The van der Waals surface area contributed by atoms with Gasteiger partial charge < -0.3 is 10.0 Å². The second kappa shape index (κ2) is 6.08. The standard InChI is InChI=1S/C18H20ClNO/c1-13(21)15-7-8-18(17(19)11-15)20-10-9-16(12-20)14-5-3-2-4-6-14/h2-8,11,13,16,21H,9-10,12H2,1H3. The van der Waals surface area contributed by atoms with E-state index in [2.05, 4.69) is 35.2 Å². The number of hydrogen-bond donors (Lipinski definition) is 1. The van der Waals surface area contributed by atoms with E-state index in [0.29, 0.717) is 5.92 Å². The summed E-state index contributed by atoms with van der Waals surface area (Å²) in [6.07, 6.45) is 0.672. The van der Waals surface area contributed by atoms with Gasteiger partial charge in [0.05, 0.1) is 16.8 Å². The Balaban J connectivity index is 1.77. The van der Waals surface area contributed by atoms with Gasteiger partial charge in [-0.1, -0.05) is 48.0 Å². The summed E-state index contributed by atoms with van der Waals surface area (Å²) < 4.78 is 0. The topological polar surface area (TPSA) is 23.5 Å². The highest BCUT2D eigenvalue weighted by Crippen LogP contribution is 2.35. The molecule has 1 saturated heterocycles. The SMILES string of the molecule is CC(O)c1ccc(N2CCC(c3ccccc3)C2)c(Cl)c1. The molecular weight excluding hydrogens is 282 g/mol. The zero-order valence-corrected chi connectivity index (χ0v) is 12.9. The predicted octanol–water partition coefficient (Wildman–Crippen LogP) is 4.39. The summed E-state index contributed by atoms with van der Waals surface area (Å²) in [6.45, 7) is 3.78. The summed E-state index contributed by atoms with van der Waals surface area (Å²) in [5.74, 6) is 0.568. The summed E-state index contributed by atoms with van der Waals surface area (Å²) in [5, 5.41) is 10.3. The van der Waals surface area contributed by atoms with E-state index >= 15 is 0 Å². The maximum absolute atomic E-state index is 9.62. The van der Waals surface area contributed by atoms with Crippen LogP contribution in [0.1, 0.15) is 36.5 Å². The quantitative estimate of drug-likeness (QED) is 0.909. The summed E-state index contributed by atoms with van der Waals surface area (Å²) >= 11 is 6.39. The Morgan fingerprint density at radius 2 is 1.95 bits per heavy atom. The summed E-state index contributed by atoms with van der Waals surface area (Å²) in [5.41, 5.74) is 3.33. The van der Waals surface area contributed by atoms with Crippen LogP contribution in [-0.4, -0.2) is 18.2 Å². The second-order valence-electron chi connectivity index (χ2n) is 5.73. The van der Waals surface area contributed by atoms with E-state index < -0.39 is 6.10 Å². The fourth-order valence-electron chi connectivity index (χ4n) is 3.02. The Labute approximate surface area is 131 Å². The molecule has 1 fully saturated rings. The lowest BCUT2D eigenvalue weighted by atomic mass is 9.99. The Morgan fingerprint density at radius 3 is 2.62 bits per heavy atom. The second-order valence-corrected chi connectivity index (χ2v) is 6.14. The molecule has 0 radical (unpaired) electrons. The number of hydrogen-bond acceptors (Lipinski definition) is 2. The Morgan fingerprint density at radius 1 is 1.19 bits per heavy atom. The van der Waals surface area contributed by atoms with Crippen molar-refractivity contribution in [2.45, 2.75) is 25.4 Å². The maximum atomic E-state index is 9.62. The molecule has 1 aliphatic rings. The predicted molar refractivity (Wildman–Crippen MR) is 88.1 cm³/mol. The van der Waals surface area contributed by atoms with E-state index in [1.807, 2.05) is 18.2 Å². The molecule has 21 heavy (non-hydrogen) atoms. The lowest BCUT2D eigenvalue weighted by Gasteiger charge is -2.21. The van der Waals surface area contributed by atoms with Crippen LogP contribution < -0.4 is 4.90 Å². The van der Waals surface area contributed by atoms with Crippen LogP contribution >= 0.6 is 11.6 Å². The highest BCUT2D eigenvalue weighted by molar-refractivity contribution is 6.33. The lowest BCUT2D eigenvalue weighted by Crippen LogP contribution is -2.19. The van der Waals surface area contributed by atoms with Gasteiger partial charge in [0.2, 0.25) is 0 Å². The van der Waals surface area contributed by atoms with Crippen molar-refractivity contribution >= 4 is 17.3 Å². The van der Waals surface area contributed by atoms with Gasteiger partial charge in [-0.3, -0.25) is 0 Å². The molecule has 1 heterocycles. The number of nitrogens with zero attached hydrogens (tertiary/aromatic N) is 1. The molecular formula is C18H20ClNO. The highest BCUT2D eigenvalue weighted by atomic mass is 35.5.